The number of nitrogens with zero attached hydrogens (tertiary/aromatic N) is 1. The van der Waals surface area contributed by atoms with E-state index in [1.54, 1.807) is 0 Å². The molecule has 0 radical (unpaired) electrons. The van der Waals surface area contributed by atoms with Crippen LogP contribution in [0.4, 0.5) is 0 Å². The lowest BCUT2D eigenvalue weighted by molar-refractivity contribution is -0.134. The van der Waals surface area contributed by atoms with Crippen molar-refractivity contribution in [2.45, 2.75) is 51.5 Å². The average molecular weight is 241 g/mol. The van der Waals surface area contributed by atoms with Gasteiger partial charge in [0.15, 0.2) is 0 Å². The molecule has 1 aliphatic heterocycles. The normalized spacial score (nSPS) is 19.4. The molecule has 1 fully saturated rings. The summed E-state index contributed by atoms with van der Waals surface area (Å²) in [6, 6.07) is -0.346. The van der Waals surface area contributed by atoms with Crippen molar-refractivity contribution in [1.82, 2.24) is 4.90 Å². The first-order valence-electron chi connectivity index (χ1n) is 6.93. The van der Waals surface area contributed by atoms with Gasteiger partial charge in [0.25, 0.3) is 0 Å². The Morgan fingerprint density at radius 2 is 2.06 bits per heavy atom. The quantitative estimate of drug-likeness (QED) is 0.731. The summed E-state index contributed by atoms with van der Waals surface area (Å²) in [7, 11) is 0. The molecule has 4 heteroatoms. The van der Waals surface area contributed by atoms with Crippen LogP contribution in [0.25, 0.3) is 0 Å². The van der Waals surface area contributed by atoms with Gasteiger partial charge in [-0.05, 0) is 38.1 Å². The second-order valence-electron chi connectivity index (χ2n) is 5.09. The molecular weight excluding hydrogens is 214 g/mol. The number of hydrogen-bond donors (Lipinski definition) is 2. The summed E-state index contributed by atoms with van der Waals surface area (Å²) in [6.07, 6.45) is 6.37. The van der Waals surface area contributed by atoms with E-state index < -0.39 is 0 Å². The highest BCUT2D eigenvalue weighted by Crippen LogP contribution is 2.22. The van der Waals surface area contributed by atoms with Gasteiger partial charge in [0.05, 0.1) is 6.04 Å². The first-order chi connectivity index (χ1) is 8.19. The van der Waals surface area contributed by atoms with Crippen LogP contribution in [0, 0.1) is 5.92 Å². The molecule has 1 saturated heterocycles. The van der Waals surface area contributed by atoms with Gasteiger partial charge >= 0.3 is 0 Å². The van der Waals surface area contributed by atoms with Crippen LogP contribution in [0.3, 0.4) is 0 Å². The molecule has 0 aromatic carbocycles. The zero-order valence-corrected chi connectivity index (χ0v) is 11.0. The number of nitrogens with two attached hydrogens (primary N) is 2. The van der Waals surface area contributed by atoms with Gasteiger partial charge in [-0.15, -0.1) is 0 Å². The summed E-state index contributed by atoms with van der Waals surface area (Å²) in [4.78, 5) is 14.0. The van der Waals surface area contributed by atoms with Crippen molar-refractivity contribution >= 4 is 5.91 Å². The zero-order valence-electron chi connectivity index (χ0n) is 11.0. The second-order valence-corrected chi connectivity index (χ2v) is 5.09. The summed E-state index contributed by atoms with van der Waals surface area (Å²) in [5.74, 6) is 0.928. The first-order valence-corrected chi connectivity index (χ1v) is 6.93. The molecule has 1 rings (SSSR count). The van der Waals surface area contributed by atoms with Crippen molar-refractivity contribution in [2.75, 3.05) is 19.6 Å². The number of piperidine rings is 1. The largest absolute Gasteiger partial charge is 0.341 e. The average Bonchev–Trinajstić information content (AvgIpc) is 2.36. The highest BCUT2D eigenvalue weighted by molar-refractivity contribution is 5.81. The highest BCUT2D eigenvalue weighted by atomic mass is 16.2. The first kappa shape index (κ1) is 14.5. The molecule has 17 heavy (non-hydrogen) atoms. The van der Waals surface area contributed by atoms with Crippen LogP contribution in [-0.4, -0.2) is 36.5 Å². The van der Waals surface area contributed by atoms with E-state index in [0.717, 1.165) is 38.3 Å². The monoisotopic (exact) mass is 241 g/mol. The fourth-order valence-electron chi connectivity index (χ4n) is 2.55. The van der Waals surface area contributed by atoms with Crippen LogP contribution in [0.1, 0.15) is 45.4 Å². The second kappa shape index (κ2) is 7.67. The maximum atomic E-state index is 12.0. The summed E-state index contributed by atoms with van der Waals surface area (Å²) in [6.45, 7) is 4.61. The maximum absolute atomic E-state index is 12.0. The number of carbonyl (C=O) groups excluding carboxylic acids is 1. The molecule has 1 amide bonds. The van der Waals surface area contributed by atoms with E-state index in [1.165, 1.54) is 12.8 Å². The summed E-state index contributed by atoms with van der Waals surface area (Å²) in [5.41, 5.74) is 11.3. The van der Waals surface area contributed by atoms with Crippen LogP contribution in [-0.2, 0) is 4.79 Å². The van der Waals surface area contributed by atoms with E-state index in [-0.39, 0.29) is 11.9 Å². The minimum Gasteiger partial charge on any atom is -0.341 e. The Morgan fingerprint density at radius 1 is 1.41 bits per heavy atom. The molecule has 100 valence electrons. The van der Waals surface area contributed by atoms with Crippen molar-refractivity contribution in [3.8, 4) is 0 Å². The number of likely N-dealkylation sites (tertiary alicyclic amines) is 1. The topological polar surface area (TPSA) is 72.3 Å². The minimum atomic E-state index is -0.346. The van der Waals surface area contributed by atoms with Gasteiger partial charge in [-0.1, -0.05) is 19.8 Å². The maximum Gasteiger partial charge on any atom is 0.239 e. The standard InChI is InChI=1S/C13H27N3O/c1-2-4-11-6-9-16(10-7-11)13(17)12(15)5-3-8-14/h11-12H,2-10,14-15H2,1H3/t12-/m1/s1. The Hall–Kier alpha value is -0.610. The van der Waals surface area contributed by atoms with E-state index in [0.29, 0.717) is 13.0 Å². The lowest BCUT2D eigenvalue weighted by Crippen LogP contribution is -2.47. The number of carbonyl (C=O) groups is 1. The van der Waals surface area contributed by atoms with Gasteiger partial charge in [-0.2, -0.15) is 0 Å². The van der Waals surface area contributed by atoms with Gasteiger partial charge < -0.3 is 16.4 Å². The molecule has 0 saturated carbocycles. The highest BCUT2D eigenvalue weighted by Gasteiger charge is 2.25. The fourth-order valence-corrected chi connectivity index (χ4v) is 2.55. The Balaban J connectivity index is 2.30. The molecule has 4 nitrogen and oxygen atoms in total. The Kier molecular flexibility index (Phi) is 6.52. The van der Waals surface area contributed by atoms with Gasteiger partial charge in [0.1, 0.15) is 0 Å². The van der Waals surface area contributed by atoms with Gasteiger partial charge in [0, 0.05) is 13.1 Å². The molecule has 0 aromatic heterocycles. The fraction of sp³-hybridized carbons (Fsp3) is 0.923. The Morgan fingerprint density at radius 3 is 2.59 bits per heavy atom. The Bertz CT molecular complexity index is 225. The van der Waals surface area contributed by atoms with Crippen LogP contribution >= 0.6 is 0 Å². The van der Waals surface area contributed by atoms with Crippen LogP contribution in [0.15, 0.2) is 0 Å². The van der Waals surface area contributed by atoms with Crippen molar-refractivity contribution in [3.63, 3.8) is 0 Å². The van der Waals surface area contributed by atoms with E-state index in [9.17, 15) is 4.79 Å². The van der Waals surface area contributed by atoms with Gasteiger partial charge in [0.2, 0.25) is 5.91 Å². The van der Waals surface area contributed by atoms with Crippen molar-refractivity contribution in [3.05, 3.63) is 0 Å². The van der Waals surface area contributed by atoms with E-state index >= 15 is 0 Å². The van der Waals surface area contributed by atoms with Crippen molar-refractivity contribution in [2.24, 2.45) is 17.4 Å². The van der Waals surface area contributed by atoms with E-state index in [4.69, 9.17) is 11.5 Å². The summed E-state index contributed by atoms with van der Waals surface area (Å²) in [5, 5.41) is 0. The predicted octanol–water partition coefficient (Wildman–Crippen LogP) is 1.09. The number of amides is 1. The third-order valence-electron chi connectivity index (χ3n) is 3.66. The number of rotatable bonds is 6. The lowest BCUT2D eigenvalue weighted by Gasteiger charge is -2.33. The molecule has 0 aliphatic carbocycles. The molecule has 1 atom stereocenters. The van der Waals surface area contributed by atoms with Gasteiger partial charge in [-0.25, -0.2) is 0 Å². The molecule has 1 aliphatic rings. The predicted molar refractivity (Wildman–Crippen MR) is 70.5 cm³/mol. The summed E-state index contributed by atoms with van der Waals surface area (Å²) >= 11 is 0. The zero-order chi connectivity index (χ0) is 12.7. The van der Waals surface area contributed by atoms with Crippen LogP contribution in [0.2, 0.25) is 0 Å². The molecule has 0 bridgehead atoms. The molecule has 4 N–H and O–H groups in total. The van der Waals surface area contributed by atoms with Crippen molar-refractivity contribution in [1.29, 1.82) is 0 Å². The lowest BCUT2D eigenvalue weighted by atomic mass is 9.92. The third kappa shape index (κ3) is 4.64. The summed E-state index contributed by atoms with van der Waals surface area (Å²) < 4.78 is 0. The minimum absolute atomic E-state index is 0.119. The molecular formula is C13H27N3O. The van der Waals surface area contributed by atoms with Crippen molar-refractivity contribution < 1.29 is 4.79 Å². The SMILES string of the molecule is CCCC1CCN(C(=O)[C@H](N)CCCN)CC1. The molecule has 0 unspecified atom stereocenters. The third-order valence-corrected chi connectivity index (χ3v) is 3.66. The smallest absolute Gasteiger partial charge is 0.239 e. The molecule has 1 heterocycles. The molecule has 0 spiro atoms. The number of hydrogen-bond acceptors (Lipinski definition) is 3. The molecule has 0 aromatic rings. The van der Waals surface area contributed by atoms with Crippen LogP contribution in [0.5, 0.6) is 0 Å². The Labute approximate surface area is 105 Å². The van der Waals surface area contributed by atoms with Gasteiger partial charge in [-0.3, -0.25) is 4.79 Å². The van der Waals surface area contributed by atoms with Crippen LogP contribution < -0.4 is 11.5 Å². The van der Waals surface area contributed by atoms with E-state index in [1.807, 2.05) is 4.90 Å². The van der Waals surface area contributed by atoms with E-state index in [2.05, 4.69) is 6.92 Å².